The molecule has 1 heterocycles. The van der Waals surface area contributed by atoms with Gasteiger partial charge in [-0.1, -0.05) is 11.3 Å². The van der Waals surface area contributed by atoms with Gasteiger partial charge in [0.25, 0.3) is 5.91 Å². The highest BCUT2D eigenvalue weighted by Crippen LogP contribution is 2.34. The molecule has 2 aromatic rings. The van der Waals surface area contributed by atoms with Crippen LogP contribution in [0, 0.1) is 17.0 Å². The number of hydrogen-bond acceptors (Lipinski definition) is 9. The summed E-state index contributed by atoms with van der Waals surface area (Å²) < 4.78 is 10.8. The molecule has 0 unspecified atom stereocenters. The van der Waals surface area contributed by atoms with E-state index < -0.39 is 10.8 Å². The topological polar surface area (TPSA) is 142 Å². The number of nitrogen functional groups attached to an aromatic ring is 1. The van der Waals surface area contributed by atoms with Crippen LogP contribution in [0.4, 0.5) is 10.8 Å². The highest BCUT2D eigenvalue weighted by Gasteiger charge is 2.20. The normalized spacial score (nSPS) is 10.8. The number of aryl methyl sites for hydroxylation is 1. The van der Waals surface area contributed by atoms with Crippen molar-refractivity contribution in [3.8, 4) is 11.5 Å². The second-order valence-corrected chi connectivity index (χ2v) is 6.18. The number of carbonyl (C=O) groups excluding carboxylic acids is 1. The average Bonchev–Trinajstić information content (AvgIpc) is 2.95. The van der Waals surface area contributed by atoms with E-state index in [-0.39, 0.29) is 23.2 Å². The molecule has 0 atom stereocenters. The van der Waals surface area contributed by atoms with Crippen molar-refractivity contribution in [1.29, 1.82) is 0 Å². The summed E-state index contributed by atoms with van der Waals surface area (Å²) in [6.07, 6.45) is 1.27. The number of carbonyl (C=O) groups is 1. The molecular weight excluding hydrogens is 374 g/mol. The lowest BCUT2D eigenvalue weighted by Crippen LogP contribution is -2.17. The molecule has 0 aliphatic rings. The highest BCUT2D eigenvalue weighted by atomic mass is 32.1. The van der Waals surface area contributed by atoms with Crippen LogP contribution in [0.25, 0.3) is 0 Å². The van der Waals surface area contributed by atoms with Crippen LogP contribution >= 0.6 is 11.3 Å². The summed E-state index contributed by atoms with van der Waals surface area (Å²) in [6.45, 7) is 5.78. The molecule has 0 fully saturated rings. The van der Waals surface area contributed by atoms with Crippen molar-refractivity contribution < 1.29 is 19.2 Å². The van der Waals surface area contributed by atoms with Gasteiger partial charge >= 0.3 is 5.69 Å². The Kier molecular flexibility index (Phi) is 6.66. The fourth-order valence-corrected chi connectivity index (χ4v) is 2.92. The molecule has 1 aromatic heterocycles. The number of nitro benzene ring substituents is 1. The van der Waals surface area contributed by atoms with Crippen molar-refractivity contribution in [1.82, 2.24) is 10.4 Å². The maximum Gasteiger partial charge on any atom is 0.311 e. The van der Waals surface area contributed by atoms with Crippen molar-refractivity contribution in [2.75, 3.05) is 18.9 Å². The molecule has 0 spiro atoms. The zero-order valence-corrected chi connectivity index (χ0v) is 15.8. The standard InChI is InChI=1S/C16H19N5O5S/c1-4-25-12-7-13(26-5-2)11(21(23)24)6-10(12)8-18-20-15(22)14-9(3)19-16(17)27-14/h6-8H,4-5H2,1-3H3,(H2,17,19)(H,20,22)/b18-8-. The summed E-state index contributed by atoms with van der Waals surface area (Å²) in [6, 6.07) is 2.71. The van der Waals surface area contributed by atoms with Gasteiger partial charge in [0.1, 0.15) is 10.6 Å². The number of rotatable bonds is 8. The number of benzene rings is 1. The van der Waals surface area contributed by atoms with Gasteiger partial charge in [-0.05, 0) is 20.8 Å². The number of amides is 1. The number of hydrogen-bond donors (Lipinski definition) is 2. The van der Waals surface area contributed by atoms with E-state index in [1.807, 2.05) is 0 Å². The quantitative estimate of drug-likeness (QED) is 0.398. The molecule has 0 saturated carbocycles. The first-order valence-corrected chi connectivity index (χ1v) is 8.83. The summed E-state index contributed by atoms with van der Waals surface area (Å²) in [5.41, 5.74) is 8.52. The predicted molar refractivity (Wildman–Crippen MR) is 102 cm³/mol. The van der Waals surface area contributed by atoms with E-state index in [0.717, 1.165) is 11.3 Å². The third-order valence-electron chi connectivity index (χ3n) is 3.28. The van der Waals surface area contributed by atoms with Crippen LogP contribution in [-0.4, -0.2) is 35.2 Å². The van der Waals surface area contributed by atoms with Crippen molar-refractivity contribution in [2.45, 2.75) is 20.8 Å². The second kappa shape index (κ2) is 8.94. The first-order chi connectivity index (χ1) is 12.9. The van der Waals surface area contributed by atoms with Gasteiger partial charge in [-0.15, -0.1) is 0 Å². The van der Waals surface area contributed by atoms with E-state index in [2.05, 4.69) is 15.5 Å². The minimum atomic E-state index is -0.555. The number of nitrogens with one attached hydrogen (secondary N) is 1. The Labute approximate surface area is 159 Å². The van der Waals surface area contributed by atoms with E-state index in [1.165, 1.54) is 18.3 Å². The maximum atomic E-state index is 12.1. The summed E-state index contributed by atoms with van der Waals surface area (Å²) in [5.74, 6) is -0.0259. The minimum Gasteiger partial charge on any atom is -0.493 e. The molecule has 10 nitrogen and oxygen atoms in total. The van der Waals surface area contributed by atoms with E-state index in [9.17, 15) is 14.9 Å². The number of ether oxygens (including phenoxy) is 2. The smallest absolute Gasteiger partial charge is 0.311 e. The Bertz CT molecular complexity index is 880. The van der Waals surface area contributed by atoms with Gasteiger partial charge < -0.3 is 15.2 Å². The highest BCUT2D eigenvalue weighted by molar-refractivity contribution is 7.17. The van der Waals surface area contributed by atoms with Crippen LogP contribution in [0.1, 0.15) is 34.8 Å². The van der Waals surface area contributed by atoms with Gasteiger partial charge in [0.15, 0.2) is 5.13 Å². The van der Waals surface area contributed by atoms with E-state index in [4.69, 9.17) is 15.2 Å². The molecular formula is C16H19N5O5S. The zero-order valence-electron chi connectivity index (χ0n) is 15.0. The first kappa shape index (κ1) is 20.1. The van der Waals surface area contributed by atoms with Crippen molar-refractivity contribution in [3.63, 3.8) is 0 Å². The third kappa shape index (κ3) is 4.91. The lowest BCUT2D eigenvalue weighted by molar-refractivity contribution is -0.385. The lowest BCUT2D eigenvalue weighted by atomic mass is 10.1. The monoisotopic (exact) mass is 393 g/mol. The Hall–Kier alpha value is -3.21. The zero-order chi connectivity index (χ0) is 20.0. The number of nitrogens with two attached hydrogens (primary N) is 1. The van der Waals surface area contributed by atoms with Crippen LogP contribution < -0.4 is 20.6 Å². The molecule has 11 heteroatoms. The molecule has 0 aliphatic heterocycles. The Morgan fingerprint density at radius 3 is 2.59 bits per heavy atom. The van der Waals surface area contributed by atoms with Crippen LogP contribution in [-0.2, 0) is 0 Å². The van der Waals surface area contributed by atoms with Crippen molar-refractivity contribution in [3.05, 3.63) is 38.4 Å². The molecule has 3 N–H and O–H groups in total. The SMILES string of the molecule is CCOc1cc(OCC)c([N+](=O)[O-])cc1/C=N\NC(=O)c1sc(N)nc1C. The maximum absolute atomic E-state index is 12.1. The molecule has 0 aliphatic carbocycles. The van der Waals surface area contributed by atoms with Crippen LogP contribution in [0.3, 0.4) is 0 Å². The molecule has 0 saturated heterocycles. The number of aromatic nitrogens is 1. The average molecular weight is 393 g/mol. The van der Waals surface area contributed by atoms with Gasteiger partial charge in [-0.25, -0.2) is 10.4 Å². The summed E-state index contributed by atoms with van der Waals surface area (Å²) in [4.78, 5) is 27.2. The fourth-order valence-electron chi connectivity index (χ4n) is 2.20. The number of thiazole rings is 1. The number of hydrazone groups is 1. The number of anilines is 1. The van der Waals surface area contributed by atoms with E-state index in [1.54, 1.807) is 20.8 Å². The minimum absolute atomic E-state index is 0.0999. The Morgan fingerprint density at radius 1 is 1.37 bits per heavy atom. The van der Waals surface area contributed by atoms with Crippen molar-refractivity contribution >= 4 is 34.3 Å². The van der Waals surface area contributed by atoms with Gasteiger partial charge in [0, 0.05) is 17.7 Å². The van der Waals surface area contributed by atoms with E-state index in [0.29, 0.717) is 28.5 Å². The molecule has 1 aromatic carbocycles. The molecule has 27 heavy (non-hydrogen) atoms. The van der Waals surface area contributed by atoms with Gasteiger partial charge in [-0.2, -0.15) is 5.10 Å². The second-order valence-electron chi connectivity index (χ2n) is 5.15. The molecule has 1 amide bonds. The van der Waals surface area contributed by atoms with Crippen molar-refractivity contribution in [2.24, 2.45) is 5.10 Å². The fraction of sp³-hybridized carbons (Fsp3) is 0.312. The lowest BCUT2D eigenvalue weighted by Gasteiger charge is -2.10. The van der Waals surface area contributed by atoms with Gasteiger partial charge in [0.05, 0.1) is 30.0 Å². The van der Waals surface area contributed by atoms with Crippen LogP contribution in [0.5, 0.6) is 11.5 Å². The van der Waals surface area contributed by atoms with Gasteiger partial charge in [-0.3, -0.25) is 14.9 Å². The molecule has 0 bridgehead atoms. The third-order valence-corrected chi connectivity index (χ3v) is 4.26. The molecule has 2 rings (SSSR count). The Morgan fingerprint density at radius 2 is 2.04 bits per heavy atom. The Balaban J connectivity index is 2.28. The summed E-state index contributed by atoms with van der Waals surface area (Å²) in [5, 5.41) is 15.4. The number of nitro groups is 1. The van der Waals surface area contributed by atoms with Crippen LogP contribution in [0.2, 0.25) is 0 Å². The predicted octanol–water partition coefficient (Wildman–Crippen LogP) is 2.50. The summed E-state index contributed by atoms with van der Waals surface area (Å²) in [7, 11) is 0. The molecule has 144 valence electrons. The number of nitrogens with zero attached hydrogens (tertiary/aromatic N) is 3. The van der Waals surface area contributed by atoms with Crippen LogP contribution in [0.15, 0.2) is 17.2 Å². The largest absolute Gasteiger partial charge is 0.493 e. The van der Waals surface area contributed by atoms with Gasteiger partial charge in [0.2, 0.25) is 5.75 Å². The first-order valence-electron chi connectivity index (χ1n) is 8.01. The summed E-state index contributed by atoms with van der Waals surface area (Å²) >= 11 is 1.04. The molecule has 0 radical (unpaired) electrons. The van der Waals surface area contributed by atoms with E-state index >= 15 is 0 Å².